The molecule has 1 aromatic carbocycles. The van der Waals surface area contributed by atoms with Crippen molar-refractivity contribution in [2.45, 2.75) is 33.1 Å². The van der Waals surface area contributed by atoms with E-state index in [2.05, 4.69) is 30.8 Å². The predicted octanol–water partition coefficient (Wildman–Crippen LogP) is 3.08. The zero-order valence-corrected chi connectivity index (χ0v) is 13.8. The van der Waals surface area contributed by atoms with E-state index in [0.29, 0.717) is 0 Å². The van der Waals surface area contributed by atoms with Gasteiger partial charge in [0.25, 0.3) is 5.91 Å². The number of carbonyl (C=O) groups is 2. The molecule has 0 spiro atoms. The fourth-order valence-corrected chi connectivity index (χ4v) is 1.70. The normalized spacial score (nSPS) is 11.3. The molecule has 6 heteroatoms. The van der Waals surface area contributed by atoms with Crippen molar-refractivity contribution < 1.29 is 14.3 Å². The Morgan fingerprint density at radius 2 is 1.87 bits per heavy atom. The number of ether oxygens (including phenoxy) is 1. The van der Waals surface area contributed by atoms with Gasteiger partial charge in [0.15, 0.2) is 0 Å². The highest BCUT2D eigenvalue weighted by atomic mass is 16.5. The first-order chi connectivity index (χ1) is 10.8. The minimum absolute atomic E-state index is 0.0473. The highest BCUT2D eigenvalue weighted by molar-refractivity contribution is 6.05. The number of alkyl carbamates (subject to hydrolysis) is 1. The number of hydrogen-bond acceptors (Lipinski definition) is 5. The second-order valence-electron chi connectivity index (χ2n) is 5.82. The Morgan fingerprint density at radius 1 is 1.26 bits per heavy atom. The number of anilines is 1. The van der Waals surface area contributed by atoms with Crippen LogP contribution in [0.5, 0.6) is 0 Å². The van der Waals surface area contributed by atoms with Crippen molar-refractivity contribution in [3.05, 3.63) is 41.6 Å². The van der Waals surface area contributed by atoms with E-state index < -0.39 is 12.0 Å². The van der Waals surface area contributed by atoms with Crippen molar-refractivity contribution in [1.29, 1.82) is 5.26 Å². The van der Waals surface area contributed by atoms with Crippen LogP contribution < -0.4 is 10.6 Å². The van der Waals surface area contributed by atoms with Crippen LogP contribution in [-0.4, -0.2) is 18.6 Å². The van der Waals surface area contributed by atoms with Gasteiger partial charge in [0.1, 0.15) is 11.6 Å². The molecule has 0 aromatic heterocycles. The molecule has 0 saturated carbocycles. The Morgan fingerprint density at radius 3 is 2.35 bits per heavy atom. The van der Waals surface area contributed by atoms with Crippen LogP contribution >= 0.6 is 0 Å². The lowest BCUT2D eigenvalue weighted by atomic mass is 9.87. The number of rotatable bonds is 4. The average Bonchev–Trinajstić information content (AvgIpc) is 2.47. The molecular formula is C17H21N3O3. The highest BCUT2D eigenvalue weighted by Crippen LogP contribution is 2.23. The van der Waals surface area contributed by atoms with Crippen LogP contribution in [0.25, 0.3) is 0 Å². The third-order valence-electron chi connectivity index (χ3n) is 2.99. The number of hydrogen-bond donors (Lipinski definition) is 2. The first-order valence-corrected chi connectivity index (χ1v) is 7.23. The number of benzene rings is 1. The van der Waals surface area contributed by atoms with Crippen LogP contribution in [0.2, 0.25) is 0 Å². The second-order valence-corrected chi connectivity index (χ2v) is 5.82. The molecule has 1 rings (SSSR count). The Bertz CT molecular complexity index is 635. The van der Waals surface area contributed by atoms with Gasteiger partial charge in [-0.3, -0.25) is 10.1 Å². The highest BCUT2D eigenvalue weighted by Gasteiger charge is 2.14. The van der Waals surface area contributed by atoms with Crippen molar-refractivity contribution in [1.82, 2.24) is 5.32 Å². The fraction of sp³-hybridized carbons (Fsp3) is 0.353. The Labute approximate surface area is 136 Å². The summed E-state index contributed by atoms with van der Waals surface area (Å²) in [6, 6.07) is 9.39. The van der Waals surface area contributed by atoms with Gasteiger partial charge in [0.2, 0.25) is 0 Å². The van der Waals surface area contributed by atoms with Crippen LogP contribution in [-0.2, 0) is 14.9 Å². The maximum Gasteiger partial charge on any atom is 0.414 e. The Balaban J connectivity index is 2.75. The van der Waals surface area contributed by atoms with Crippen LogP contribution in [0.1, 0.15) is 33.3 Å². The van der Waals surface area contributed by atoms with Crippen molar-refractivity contribution in [3.8, 4) is 6.07 Å². The molecule has 6 nitrogen and oxygen atoms in total. The Kier molecular flexibility index (Phi) is 6.34. The molecule has 0 aliphatic carbocycles. The molecule has 0 bridgehead atoms. The molecule has 23 heavy (non-hydrogen) atoms. The molecule has 0 unspecified atom stereocenters. The molecule has 1 aromatic rings. The molecule has 0 fully saturated rings. The number of nitrogens with zero attached hydrogens (tertiary/aromatic N) is 1. The maximum atomic E-state index is 11.7. The smallest absolute Gasteiger partial charge is 0.414 e. The van der Waals surface area contributed by atoms with Crippen molar-refractivity contribution in [2.24, 2.45) is 0 Å². The van der Waals surface area contributed by atoms with Crippen molar-refractivity contribution >= 4 is 17.7 Å². The Hall–Kier alpha value is -2.81. The molecule has 0 atom stereocenters. The van der Waals surface area contributed by atoms with Gasteiger partial charge in [-0.15, -0.1) is 0 Å². The van der Waals surface area contributed by atoms with E-state index in [1.165, 1.54) is 11.8 Å². The number of amides is 2. The minimum Gasteiger partial charge on any atom is -0.450 e. The summed E-state index contributed by atoms with van der Waals surface area (Å²) in [6.07, 6.45) is 0.369. The first kappa shape index (κ1) is 18.2. The number of nitriles is 1. The molecule has 0 radical (unpaired) electrons. The van der Waals surface area contributed by atoms with Gasteiger partial charge in [-0.1, -0.05) is 32.9 Å². The average molecular weight is 315 g/mol. The number of carbonyl (C=O) groups excluding carboxylic acids is 2. The van der Waals surface area contributed by atoms with Gasteiger partial charge in [-0.2, -0.15) is 5.26 Å². The quantitative estimate of drug-likeness (QED) is 0.658. The second kappa shape index (κ2) is 7.99. The van der Waals surface area contributed by atoms with Crippen molar-refractivity contribution in [3.63, 3.8) is 0 Å². The summed E-state index contributed by atoms with van der Waals surface area (Å²) in [7, 11) is 0. The SMILES string of the molecule is CCOC(=O)NC(=O)/C(C#N)=C\Nc1ccc(C(C)(C)C)cc1. The van der Waals surface area contributed by atoms with Crippen LogP contribution in [0.3, 0.4) is 0 Å². The van der Waals surface area contributed by atoms with E-state index in [1.807, 2.05) is 29.6 Å². The standard InChI is InChI=1S/C17H21N3O3/c1-5-23-16(22)20-15(21)12(10-18)11-19-14-8-6-13(7-9-14)17(2,3)4/h6-9,11,19H,5H2,1-4H3,(H,20,21,22)/b12-11-. The molecule has 122 valence electrons. The molecule has 0 aliphatic rings. The summed E-state index contributed by atoms with van der Waals surface area (Å²) in [4.78, 5) is 22.9. The summed E-state index contributed by atoms with van der Waals surface area (Å²) >= 11 is 0. The summed E-state index contributed by atoms with van der Waals surface area (Å²) in [5.41, 5.74) is 1.73. The maximum absolute atomic E-state index is 11.7. The van der Waals surface area contributed by atoms with E-state index in [0.717, 1.165) is 5.69 Å². The number of imide groups is 1. The topological polar surface area (TPSA) is 91.2 Å². The van der Waals surface area contributed by atoms with E-state index in [9.17, 15) is 9.59 Å². The largest absolute Gasteiger partial charge is 0.450 e. The van der Waals surface area contributed by atoms with Gasteiger partial charge in [0.05, 0.1) is 6.61 Å². The molecule has 2 N–H and O–H groups in total. The van der Waals surface area contributed by atoms with Gasteiger partial charge in [0, 0.05) is 11.9 Å². The summed E-state index contributed by atoms with van der Waals surface area (Å²) in [5.74, 6) is -0.815. The van der Waals surface area contributed by atoms with Gasteiger partial charge in [-0.25, -0.2) is 4.79 Å². The zero-order valence-electron chi connectivity index (χ0n) is 13.8. The molecule has 2 amide bonds. The van der Waals surface area contributed by atoms with Gasteiger partial charge >= 0.3 is 6.09 Å². The molecular weight excluding hydrogens is 294 g/mol. The predicted molar refractivity (Wildman–Crippen MR) is 87.6 cm³/mol. The lowest BCUT2D eigenvalue weighted by Gasteiger charge is -2.19. The third kappa shape index (κ3) is 5.83. The first-order valence-electron chi connectivity index (χ1n) is 7.23. The van der Waals surface area contributed by atoms with Gasteiger partial charge in [-0.05, 0) is 30.0 Å². The molecule has 0 aliphatic heterocycles. The van der Waals surface area contributed by atoms with Crippen molar-refractivity contribution in [2.75, 3.05) is 11.9 Å². The summed E-state index contributed by atoms with van der Waals surface area (Å²) in [6.45, 7) is 8.10. The van der Waals surface area contributed by atoms with E-state index in [1.54, 1.807) is 13.0 Å². The monoisotopic (exact) mass is 315 g/mol. The zero-order chi connectivity index (χ0) is 17.5. The van der Waals surface area contributed by atoms with Gasteiger partial charge < -0.3 is 10.1 Å². The fourth-order valence-electron chi connectivity index (χ4n) is 1.70. The molecule has 0 heterocycles. The number of nitrogens with one attached hydrogen (secondary N) is 2. The van der Waals surface area contributed by atoms with E-state index >= 15 is 0 Å². The lowest BCUT2D eigenvalue weighted by molar-refractivity contribution is -0.116. The summed E-state index contributed by atoms with van der Waals surface area (Å²) < 4.78 is 4.59. The van der Waals surface area contributed by atoms with E-state index in [-0.39, 0.29) is 17.6 Å². The van der Waals surface area contributed by atoms with Crippen LogP contribution in [0, 0.1) is 11.3 Å². The van der Waals surface area contributed by atoms with Crippen LogP contribution in [0.15, 0.2) is 36.0 Å². The van der Waals surface area contributed by atoms with Crippen LogP contribution in [0.4, 0.5) is 10.5 Å². The lowest BCUT2D eigenvalue weighted by Crippen LogP contribution is -2.32. The summed E-state index contributed by atoms with van der Waals surface area (Å²) in [5, 5.41) is 13.8. The van der Waals surface area contributed by atoms with E-state index in [4.69, 9.17) is 5.26 Å². The third-order valence-corrected chi connectivity index (χ3v) is 2.99. The molecule has 0 saturated heterocycles. The minimum atomic E-state index is -0.881.